The van der Waals surface area contributed by atoms with E-state index in [0.29, 0.717) is 0 Å². The average molecular weight is 459 g/mol. The second-order valence-electron chi connectivity index (χ2n) is 9.61. The van der Waals surface area contributed by atoms with Crippen LogP contribution in [0.5, 0.6) is 0 Å². The minimum atomic E-state index is -2.43. The molecule has 1 N–H and O–H groups in total. The van der Waals surface area contributed by atoms with E-state index < -0.39 is 8.32 Å². The minimum Gasteiger partial charge on any atom is -0.407 e. The van der Waals surface area contributed by atoms with Gasteiger partial charge in [0, 0.05) is 6.61 Å². The molecule has 0 unspecified atom stereocenters. The largest absolute Gasteiger partial charge is 0.407 e. The highest BCUT2D eigenvalue weighted by molar-refractivity contribution is 6.99. The molecule has 3 aromatic carbocycles. The average Bonchev–Trinajstić information content (AvgIpc) is 2.83. The van der Waals surface area contributed by atoms with Crippen LogP contribution in [-0.4, -0.2) is 26.6 Å². The molecule has 0 saturated heterocycles. The quantitative estimate of drug-likeness (QED) is 0.283. The molecule has 0 amide bonds. The second kappa shape index (κ2) is 12.1. The third-order valence-electron chi connectivity index (χ3n) is 6.28. The van der Waals surface area contributed by atoms with Crippen molar-refractivity contribution in [2.24, 2.45) is 0 Å². The molecule has 0 aromatic heterocycles. The first-order valence-corrected chi connectivity index (χ1v) is 14.0. The Morgan fingerprint density at radius 1 is 0.758 bits per heavy atom. The summed E-state index contributed by atoms with van der Waals surface area (Å²) in [7, 11) is -2.43. The lowest BCUT2D eigenvalue weighted by atomic mass is 10.0. The summed E-state index contributed by atoms with van der Waals surface area (Å²) < 4.78 is 7.00. The first-order valence-electron chi connectivity index (χ1n) is 12.1. The molecular formula is C30H38O2Si. The molecular weight excluding hydrogens is 420 g/mol. The summed E-state index contributed by atoms with van der Waals surface area (Å²) >= 11 is 0. The Hall–Kier alpha value is -2.46. The molecule has 33 heavy (non-hydrogen) atoms. The third-order valence-corrected chi connectivity index (χ3v) is 11.3. The van der Waals surface area contributed by atoms with Crippen molar-refractivity contribution in [2.45, 2.75) is 51.5 Å². The monoisotopic (exact) mass is 458 g/mol. The van der Waals surface area contributed by atoms with E-state index in [9.17, 15) is 0 Å². The Morgan fingerprint density at radius 3 is 1.91 bits per heavy atom. The van der Waals surface area contributed by atoms with Crippen LogP contribution in [0.25, 0.3) is 6.08 Å². The van der Waals surface area contributed by atoms with Crippen LogP contribution < -0.4 is 10.4 Å². The van der Waals surface area contributed by atoms with E-state index in [-0.39, 0.29) is 11.6 Å². The van der Waals surface area contributed by atoms with E-state index >= 15 is 0 Å². The highest BCUT2D eigenvalue weighted by atomic mass is 28.4. The van der Waals surface area contributed by atoms with Crippen molar-refractivity contribution in [1.82, 2.24) is 0 Å². The smallest absolute Gasteiger partial charge is 0.261 e. The zero-order chi connectivity index (χ0) is 23.6. The summed E-state index contributed by atoms with van der Waals surface area (Å²) in [6, 6.07) is 30.2. The molecule has 3 heteroatoms. The van der Waals surface area contributed by atoms with E-state index in [0.717, 1.165) is 32.3 Å². The second-order valence-corrected chi connectivity index (χ2v) is 13.9. The fraction of sp³-hybridized carbons (Fsp3) is 0.333. The summed E-state index contributed by atoms with van der Waals surface area (Å²) in [5.41, 5.74) is 2.55. The molecule has 0 aliphatic rings. The molecule has 0 heterocycles. The third kappa shape index (κ3) is 6.32. The van der Waals surface area contributed by atoms with Gasteiger partial charge in [0.25, 0.3) is 8.32 Å². The molecule has 3 rings (SSSR count). The first kappa shape index (κ1) is 25.2. The minimum absolute atomic E-state index is 0.0215. The molecule has 0 bridgehead atoms. The van der Waals surface area contributed by atoms with Crippen molar-refractivity contribution in [3.63, 3.8) is 0 Å². The summed E-state index contributed by atoms with van der Waals surface area (Å²) in [5.74, 6) is 0. The fourth-order valence-corrected chi connectivity index (χ4v) is 9.29. The van der Waals surface area contributed by atoms with Crippen molar-refractivity contribution < 1.29 is 9.53 Å². The van der Waals surface area contributed by atoms with E-state index in [1.165, 1.54) is 21.5 Å². The van der Waals surface area contributed by atoms with Crippen LogP contribution in [0.1, 0.15) is 51.2 Å². The highest BCUT2D eigenvalue weighted by Gasteiger charge is 2.49. The van der Waals surface area contributed by atoms with Gasteiger partial charge in [0.2, 0.25) is 0 Å². The topological polar surface area (TPSA) is 29.5 Å². The van der Waals surface area contributed by atoms with Crippen molar-refractivity contribution in [1.29, 1.82) is 0 Å². The number of aliphatic hydroxyl groups is 1. The van der Waals surface area contributed by atoms with Crippen molar-refractivity contribution in [3.8, 4) is 0 Å². The summed E-state index contributed by atoms with van der Waals surface area (Å²) in [6.07, 6.45) is 8.19. The van der Waals surface area contributed by atoms with Crippen LogP contribution in [0, 0.1) is 0 Å². The SMILES string of the molecule is CC(C)(C)[Si](OCCCCCc1ccccc1C=CCO)(c1ccccc1)c1ccccc1. The van der Waals surface area contributed by atoms with Gasteiger partial charge in [-0.25, -0.2) is 0 Å². The maximum Gasteiger partial charge on any atom is 0.261 e. The van der Waals surface area contributed by atoms with Gasteiger partial charge < -0.3 is 9.53 Å². The van der Waals surface area contributed by atoms with Crippen molar-refractivity contribution in [3.05, 3.63) is 102 Å². The molecule has 3 aromatic rings. The maximum atomic E-state index is 9.08. The number of aliphatic hydroxyl groups excluding tert-OH is 1. The number of unbranched alkanes of at least 4 members (excludes halogenated alkanes) is 2. The first-order chi connectivity index (χ1) is 16.0. The van der Waals surface area contributed by atoms with Crippen LogP contribution in [0.2, 0.25) is 5.04 Å². The van der Waals surface area contributed by atoms with Gasteiger partial charge in [-0.1, -0.05) is 124 Å². The van der Waals surface area contributed by atoms with Gasteiger partial charge in [0.1, 0.15) is 0 Å². The molecule has 174 valence electrons. The summed E-state index contributed by atoms with van der Waals surface area (Å²) in [4.78, 5) is 0. The highest BCUT2D eigenvalue weighted by Crippen LogP contribution is 2.36. The van der Waals surface area contributed by atoms with Crippen LogP contribution in [-0.2, 0) is 10.8 Å². The van der Waals surface area contributed by atoms with E-state index in [2.05, 4.69) is 106 Å². The lowest BCUT2D eigenvalue weighted by Crippen LogP contribution is -2.66. The Labute approximate surface area is 201 Å². The summed E-state index contributed by atoms with van der Waals surface area (Å²) in [5, 5.41) is 11.8. The molecule has 0 fully saturated rings. The van der Waals surface area contributed by atoms with Gasteiger partial charge in [0.05, 0.1) is 6.61 Å². The predicted octanol–water partition coefficient (Wildman–Crippen LogP) is 5.98. The predicted molar refractivity (Wildman–Crippen MR) is 144 cm³/mol. The van der Waals surface area contributed by atoms with Crippen molar-refractivity contribution >= 4 is 24.8 Å². The molecule has 0 aliphatic heterocycles. The Morgan fingerprint density at radius 2 is 1.33 bits per heavy atom. The lowest BCUT2D eigenvalue weighted by molar-refractivity contribution is 0.287. The molecule has 0 aliphatic carbocycles. The molecule has 0 atom stereocenters. The standard InChI is InChI=1S/C30H38O2Si/c1-30(2,3)33(28-20-8-4-9-21-28,29-22-10-5-11-23-29)32-25-14-6-7-16-26-17-12-13-18-27(26)19-15-24-31/h4-5,8-13,15,17-23,31H,6-7,14,16,24-25H2,1-3H3. The summed E-state index contributed by atoms with van der Waals surface area (Å²) in [6.45, 7) is 7.84. The molecule has 0 saturated carbocycles. The van der Waals surface area contributed by atoms with Gasteiger partial charge in [0.15, 0.2) is 0 Å². The van der Waals surface area contributed by atoms with Gasteiger partial charge in [-0.05, 0) is 45.8 Å². The van der Waals surface area contributed by atoms with Gasteiger partial charge in [-0.2, -0.15) is 0 Å². The van der Waals surface area contributed by atoms with E-state index in [1.807, 2.05) is 6.08 Å². The zero-order valence-corrected chi connectivity index (χ0v) is 21.3. The Bertz CT molecular complexity index is 951. The zero-order valence-electron chi connectivity index (χ0n) is 20.3. The number of benzene rings is 3. The van der Waals surface area contributed by atoms with Crippen LogP contribution in [0.4, 0.5) is 0 Å². The Balaban J connectivity index is 1.68. The normalized spacial score (nSPS) is 12.4. The van der Waals surface area contributed by atoms with Crippen molar-refractivity contribution in [2.75, 3.05) is 13.2 Å². The Kier molecular flexibility index (Phi) is 9.25. The number of hydrogen-bond donors (Lipinski definition) is 1. The van der Waals surface area contributed by atoms with Crippen LogP contribution >= 0.6 is 0 Å². The number of rotatable bonds is 11. The van der Waals surface area contributed by atoms with E-state index in [1.54, 1.807) is 6.08 Å². The van der Waals surface area contributed by atoms with E-state index in [4.69, 9.17) is 9.53 Å². The molecule has 2 nitrogen and oxygen atoms in total. The molecule has 0 spiro atoms. The van der Waals surface area contributed by atoms with Crippen LogP contribution in [0.3, 0.4) is 0 Å². The number of hydrogen-bond acceptors (Lipinski definition) is 2. The van der Waals surface area contributed by atoms with Gasteiger partial charge in [-0.3, -0.25) is 0 Å². The maximum absolute atomic E-state index is 9.08. The fourth-order valence-electron chi connectivity index (χ4n) is 4.69. The number of aryl methyl sites for hydroxylation is 1. The van der Waals surface area contributed by atoms with Gasteiger partial charge in [-0.15, -0.1) is 0 Å². The van der Waals surface area contributed by atoms with Crippen LogP contribution in [0.15, 0.2) is 91.0 Å². The van der Waals surface area contributed by atoms with Gasteiger partial charge >= 0.3 is 0 Å². The lowest BCUT2D eigenvalue weighted by Gasteiger charge is -2.43. The molecule has 0 radical (unpaired) electrons.